The zero-order valence-electron chi connectivity index (χ0n) is 28.9. The third kappa shape index (κ3) is 6.83. The quantitative estimate of drug-likeness (QED) is 0.108. The van der Waals surface area contributed by atoms with Crippen molar-refractivity contribution in [2.75, 3.05) is 37.8 Å². The molecular weight excluding hydrogens is 649 g/mol. The van der Waals surface area contributed by atoms with Gasteiger partial charge in [0.25, 0.3) is 0 Å². The fourth-order valence-corrected chi connectivity index (χ4v) is 7.42. The summed E-state index contributed by atoms with van der Waals surface area (Å²) in [5.41, 5.74) is 8.33. The van der Waals surface area contributed by atoms with Crippen LogP contribution < -0.4 is 14.4 Å². The van der Waals surface area contributed by atoms with Gasteiger partial charge in [-0.3, -0.25) is 0 Å². The highest BCUT2D eigenvalue weighted by atomic mass is 16.7. The summed E-state index contributed by atoms with van der Waals surface area (Å²) < 4.78 is 19.8. The Kier molecular flexibility index (Phi) is 9.59. The van der Waals surface area contributed by atoms with Gasteiger partial charge in [0.15, 0.2) is 0 Å². The SMILES string of the molecule is O=C(O)Oc1c(CCCOc2cccc3ccccc23)c2cccc(-c3ccccc3N3CCOCC3)c2n1Cc1ccc(-c2ccccc2)cc1. The summed E-state index contributed by atoms with van der Waals surface area (Å²) in [4.78, 5) is 14.7. The van der Waals surface area contributed by atoms with E-state index in [1.54, 1.807) is 0 Å². The molecule has 0 radical (unpaired) electrons. The number of aryl methyl sites for hydroxylation is 1. The lowest BCUT2D eigenvalue weighted by Crippen LogP contribution is -2.36. The maximum Gasteiger partial charge on any atom is 0.512 e. The summed E-state index contributed by atoms with van der Waals surface area (Å²) in [5, 5.41) is 13.3. The first-order valence-corrected chi connectivity index (χ1v) is 17.9. The molecule has 0 amide bonds. The summed E-state index contributed by atoms with van der Waals surface area (Å²) >= 11 is 0. The van der Waals surface area contributed by atoms with Crippen molar-refractivity contribution in [3.05, 3.63) is 151 Å². The molecule has 7 aromatic rings. The number of rotatable bonds is 11. The standard InChI is InChI=1S/C45H40N2O5/c48-45(49)52-44-40(19-10-28-51-42-21-8-14-35-13-4-5-15-36(35)42)39-18-9-17-38(37-16-6-7-20-41(37)46-26-29-50-30-27-46)43(39)47(44)31-32-22-24-34(25-23-32)33-11-2-1-3-12-33/h1-9,11-18,20-25H,10,19,26-31H2,(H,48,49). The van der Waals surface area contributed by atoms with Crippen LogP contribution in [0.2, 0.25) is 0 Å². The van der Waals surface area contributed by atoms with E-state index in [0.29, 0.717) is 45.1 Å². The molecule has 0 spiro atoms. The average molecular weight is 689 g/mol. The van der Waals surface area contributed by atoms with E-state index in [-0.39, 0.29) is 0 Å². The highest BCUT2D eigenvalue weighted by Gasteiger charge is 2.25. The molecule has 8 rings (SSSR count). The fraction of sp³-hybridized carbons (Fsp3) is 0.178. The lowest BCUT2D eigenvalue weighted by molar-refractivity contribution is 0.123. The molecule has 1 saturated heterocycles. The van der Waals surface area contributed by atoms with E-state index in [0.717, 1.165) is 79.6 Å². The normalized spacial score (nSPS) is 13.0. The molecule has 7 nitrogen and oxygen atoms in total. The van der Waals surface area contributed by atoms with Crippen LogP contribution in [-0.2, 0) is 17.7 Å². The second-order valence-corrected chi connectivity index (χ2v) is 13.0. The van der Waals surface area contributed by atoms with Crippen molar-refractivity contribution in [1.29, 1.82) is 0 Å². The maximum atomic E-state index is 12.4. The van der Waals surface area contributed by atoms with Gasteiger partial charge in [-0.15, -0.1) is 0 Å². The smallest absolute Gasteiger partial charge is 0.493 e. The third-order valence-corrected chi connectivity index (χ3v) is 9.84. The molecule has 1 N–H and O–H groups in total. The van der Waals surface area contributed by atoms with E-state index in [4.69, 9.17) is 14.2 Å². The lowest BCUT2D eigenvalue weighted by Gasteiger charge is -2.31. The van der Waals surface area contributed by atoms with E-state index in [1.165, 1.54) is 0 Å². The Hall–Kier alpha value is -6.05. The zero-order valence-corrected chi connectivity index (χ0v) is 28.9. The van der Waals surface area contributed by atoms with Crippen LogP contribution >= 0.6 is 0 Å². The van der Waals surface area contributed by atoms with Gasteiger partial charge in [-0.25, -0.2) is 4.79 Å². The number of aromatic nitrogens is 1. The molecule has 0 aliphatic carbocycles. The van der Waals surface area contributed by atoms with Crippen LogP contribution in [-0.4, -0.2) is 48.7 Å². The Morgan fingerprint density at radius 3 is 2.19 bits per heavy atom. The largest absolute Gasteiger partial charge is 0.512 e. The predicted octanol–water partition coefficient (Wildman–Crippen LogP) is 10.1. The highest BCUT2D eigenvalue weighted by Crippen LogP contribution is 2.42. The first-order valence-electron chi connectivity index (χ1n) is 17.9. The molecule has 1 fully saturated rings. The van der Waals surface area contributed by atoms with Gasteiger partial charge in [-0.05, 0) is 47.1 Å². The number of benzene rings is 6. The Bertz CT molecular complexity index is 2320. The van der Waals surface area contributed by atoms with Gasteiger partial charge in [0.1, 0.15) is 5.75 Å². The van der Waals surface area contributed by atoms with Crippen LogP contribution in [0, 0.1) is 0 Å². The number of carboxylic acid groups (broad SMARTS) is 1. The van der Waals surface area contributed by atoms with E-state index >= 15 is 0 Å². The van der Waals surface area contributed by atoms with Crippen molar-refractivity contribution in [2.24, 2.45) is 0 Å². The van der Waals surface area contributed by atoms with Gasteiger partial charge in [-0.2, -0.15) is 0 Å². The first-order chi connectivity index (χ1) is 25.6. The Balaban J connectivity index is 1.21. The van der Waals surface area contributed by atoms with Crippen molar-refractivity contribution in [1.82, 2.24) is 4.57 Å². The number of hydrogen-bond donors (Lipinski definition) is 1. The third-order valence-electron chi connectivity index (χ3n) is 9.84. The summed E-state index contributed by atoms with van der Waals surface area (Å²) in [5.74, 6) is 1.18. The lowest BCUT2D eigenvalue weighted by atomic mass is 9.98. The highest BCUT2D eigenvalue weighted by molar-refractivity contribution is 6.01. The van der Waals surface area contributed by atoms with Crippen molar-refractivity contribution >= 4 is 33.5 Å². The number of carbonyl (C=O) groups is 1. The van der Waals surface area contributed by atoms with Crippen molar-refractivity contribution in [3.63, 3.8) is 0 Å². The minimum atomic E-state index is -1.34. The van der Waals surface area contributed by atoms with Crippen molar-refractivity contribution in [3.8, 4) is 33.9 Å². The molecule has 1 aliphatic heterocycles. The number of hydrogen-bond acceptors (Lipinski definition) is 5. The average Bonchev–Trinajstić information content (AvgIpc) is 3.48. The van der Waals surface area contributed by atoms with E-state index < -0.39 is 6.16 Å². The monoisotopic (exact) mass is 688 g/mol. The Morgan fingerprint density at radius 2 is 1.37 bits per heavy atom. The maximum absolute atomic E-state index is 12.4. The topological polar surface area (TPSA) is 73.2 Å². The minimum absolute atomic E-state index is 0.344. The van der Waals surface area contributed by atoms with Crippen molar-refractivity contribution in [2.45, 2.75) is 19.4 Å². The molecule has 6 aromatic carbocycles. The summed E-state index contributed by atoms with van der Waals surface area (Å²) in [6.07, 6.45) is -0.108. The molecule has 52 heavy (non-hydrogen) atoms. The van der Waals surface area contributed by atoms with Gasteiger partial charge in [0, 0.05) is 46.2 Å². The predicted molar refractivity (Wildman–Crippen MR) is 208 cm³/mol. The van der Waals surface area contributed by atoms with Crippen LogP contribution in [0.3, 0.4) is 0 Å². The Labute approximate surface area is 303 Å². The number of ether oxygens (including phenoxy) is 3. The molecule has 260 valence electrons. The zero-order chi connectivity index (χ0) is 35.3. The summed E-state index contributed by atoms with van der Waals surface area (Å²) in [6, 6.07) is 47.8. The van der Waals surface area contributed by atoms with Gasteiger partial charge < -0.3 is 28.8 Å². The molecule has 0 saturated carbocycles. The van der Waals surface area contributed by atoms with E-state index in [1.807, 2.05) is 47.0 Å². The first kappa shape index (κ1) is 33.1. The molecule has 1 aromatic heterocycles. The van der Waals surface area contributed by atoms with E-state index in [9.17, 15) is 9.90 Å². The fourth-order valence-electron chi connectivity index (χ4n) is 7.42. The van der Waals surface area contributed by atoms with Crippen LogP contribution in [0.4, 0.5) is 10.5 Å². The second kappa shape index (κ2) is 15.1. The number of fused-ring (bicyclic) bond motifs is 2. The number of para-hydroxylation sites is 2. The molecule has 0 unspecified atom stereocenters. The van der Waals surface area contributed by atoms with Crippen molar-refractivity contribution < 1.29 is 24.1 Å². The molecule has 7 heteroatoms. The molecule has 0 atom stereocenters. The Morgan fingerprint density at radius 1 is 0.692 bits per heavy atom. The summed E-state index contributed by atoms with van der Waals surface area (Å²) in [6.45, 7) is 3.85. The van der Waals surface area contributed by atoms with Crippen LogP contribution in [0.15, 0.2) is 140 Å². The summed E-state index contributed by atoms with van der Waals surface area (Å²) in [7, 11) is 0. The number of nitrogens with zero attached hydrogens (tertiary/aromatic N) is 2. The second-order valence-electron chi connectivity index (χ2n) is 13.0. The molecule has 2 heterocycles. The van der Waals surface area contributed by atoms with Crippen LogP contribution in [0.5, 0.6) is 11.6 Å². The van der Waals surface area contributed by atoms with Gasteiger partial charge in [0.05, 0.1) is 31.9 Å². The minimum Gasteiger partial charge on any atom is -0.493 e. The van der Waals surface area contributed by atoms with Crippen LogP contribution in [0.25, 0.3) is 43.9 Å². The van der Waals surface area contributed by atoms with Gasteiger partial charge in [0.2, 0.25) is 5.88 Å². The number of anilines is 1. The molecule has 1 aliphatic rings. The number of morpholine rings is 1. The van der Waals surface area contributed by atoms with Gasteiger partial charge in [-0.1, -0.05) is 127 Å². The van der Waals surface area contributed by atoms with Crippen LogP contribution in [0.1, 0.15) is 17.5 Å². The van der Waals surface area contributed by atoms with E-state index in [2.05, 4.69) is 102 Å². The van der Waals surface area contributed by atoms with Gasteiger partial charge >= 0.3 is 6.16 Å². The molecular formula is C45H40N2O5. The molecule has 0 bridgehead atoms.